The molecule has 0 fully saturated rings. The Hall–Kier alpha value is -2.38. The van der Waals surface area contributed by atoms with Gasteiger partial charge in [-0.05, 0) is 13.3 Å². The Balaban J connectivity index is 3.14. The molecular formula is C12H17N3O5. The first-order valence-electron chi connectivity index (χ1n) is 6.07. The van der Waals surface area contributed by atoms with Gasteiger partial charge in [0.25, 0.3) is 11.5 Å². The van der Waals surface area contributed by atoms with Crippen molar-refractivity contribution >= 4 is 11.9 Å². The summed E-state index contributed by atoms with van der Waals surface area (Å²) in [5.41, 5.74) is -3.21. The van der Waals surface area contributed by atoms with Gasteiger partial charge in [0, 0.05) is 13.2 Å². The molecule has 1 heterocycles. The van der Waals surface area contributed by atoms with Gasteiger partial charge in [-0.3, -0.25) is 14.2 Å². The van der Waals surface area contributed by atoms with Crippen LogP contribution in [0.1, 0.15) is 37.0 Å². The van der Waals surface area contributed by atoms with Crippen molar-refractivity contribution in [2.75, 3.05) is 0 Å². The number of carbonyl (C=O) groups is 2. The van der Waals surface area contributed by atoms with Gasteiger partial charge in [0.1, 0.15) is 11.1 Å². The van der Waals surface area contributed by atoms with Gasteiger partial charge in [-0.25, -0.2) is 9.59 Å². The van der Waals surface area contributed by atoms with E-state index >= 15 is 0 Å². The van der Waals surface area contributed by atoms with Crippen LogP contribution in [0.15, 0.2) is 15.8 Å². The monoisotopic (exact) mass is 283 g/mol. The average Bonchev–Trinajstić information content (AvgIpc) is 2.36. The van der Waals surface area contributed by atoms with Crippen molar-refractivity contribution in [3.63, 3.8) is 0 Å². The minimum Gasteiger partial charge on any atom is -0.480 e. The van der Waals surface area contributed by atoms with Crippen molar-refractivity contribution in [1.82, 2.24) is 14.9 Å². The molecule has 0 aliphatic rings. The van der Waals surface area contributed by atoms with Gasteiger partial charge in [-0.15, -0.1) is 0 Å². The molecule has 1 rings (SSSR count). The van der Waals surface area contributed by atoms with Crippen LogP contribution in [-0.2, 0) is 11.8 Å². The molecule has 8 heteroatoms. The topological polar surface area (TPSA) is 121 Å². The molecule has 110 valence electrons. The third-order valence-corrected chi connectivity index (χ3v) is 3.04. The minimum atomic E-state index is -1.47. The average molecular weight is 283 g/mol. The third-order valence-electron chi connectivity index (χ3n) is 3.04. The number of H-pyrrole nitrogens is 1. The van der Waals surface area contributed by atoms with E-state index in [0.29, 0.717) is 6.42 Å². The van der Waals surface area contributed by atoms with Crippen molar-refractivity contribution in [2.45, 2.75) is 32.2 Å². The number of carboxylic acid groups (broad SMARTS) is 1. The molecule has 1 aromatic heterocycles. The van der Waals surface area contributed by atoms with Crippen LogP contribution in [0.25, 0.3) is 0 Å². The largest absolute Gasteiger partial charge is 0.480 e. The van der Waals surface area contributed by atoms with E-state index in [4.69, 9.17) is 0 Å². The first-order valence-corrected chi connectivity index (χ1v) is 6.07. The summed E-state index contributed by atoms with van der Waals surface area (Å²) >= 11 is 0. The Bertz CT molecular complexity index is 645. The lowest BCUT2D eigenvalue weighted by atomic mass is 9.96. The molecule has 3 N–H and O–H groups in total. The highest BCUT2D eigenvalue weighted by Gasteiger charge is 2.34. The van der Waals surface area contributed by atoms with E-state index in [1.165, 1.54) is 14.0 Å². The van der Waals surface area contributed by atoms with Gasteiger partial charge in [0.15, 0.2) is 0 Å². The number of carbonyl (C=O) groups excluding carboxylic acids is 1. The molecule has 0 radical (unpaired) electrons. The summed E-state index contributed by atoms with van der Waals surface area (Å²) in [7, 11) is 1.22. The maximum atomic E-state index is 12.0. The van der Waals surface area contributed by atoms with Crippen molar-refractivity contribution in [3.8, 4) is 0 Å². The fourth-order valence-corrected chi connectivity index (χ4v) is 1.77. The number of rotatable bonds is 5. The molecule has 0 bridgehead atoms. The number of aromatic amines is 1. The Labute approximate surface area is 114 Å². The molecule has 1 atom stereocenters. The summed E-state index contributed by atoms with van der Waals surface area (Å²) in [6.07, 6.45) is 1.75. The predicted octanol–water partition coefficient (Wildman–Crippen LogP) is -0.553. The lowest BCUT2D eigenvalue weighted by Crippen LogP contribution is -2.53. The third kappa shape index (κ3) is 2.95. The zero-order chi connectivity index (χ0) is 15.5. The van der Waals surface area contributed by atoms with Crippen LogP contribution in [-0.4, -0.2) is 32.1 Å². The molecular weight excluding hydrogens is 266 g/mol. The number of nitrogens with zero attached hydrogens (tertiary/aromatic N) is 1. The molecule has 20 heavy (non-hydrogen) atoms. The summed E-state index contributed by atoms with van der Waals surface area (Å²) in [6, 6.07) is 0. The van der Waals surface area contributed by atoms with E-state index in [9.17, 15) is 24.3 Å². The zero-order valence-corrected chi connectivity index (χ0v) is 11.5. The highest BCUT2D eigenvalue weighted by atomic mass is 16.4. The van der Waals surface area contributed by atoms with E-state index < -0.39 is 28.7 Å². The van der Waals surface area contributed by atoms with Gasteiger partial charge in [0.05, 0.1) is 0 Å². The second-order valence-corrected chi connectivity index (χ2v) is 4.71. The fourth-order valence-electron chi connectivity index (χ4n) is 1.77. The SMILES string of the molecule is CCCC(C)(NC(=O)c1c[nH]c(=O)n(C)c1=O)C(=O)O. The molecule has 1 unspecified atom stereocenters. The van der Waals surface area contributed by atoms with E-state index in [0.717, 1.165) is 10.8 Å². The number of hydrogen-bond acceptors (Lipinski definition) is 4. The van der Waals surface area contributed by atoms with Crippen LogP contribution in [0.3, 0.4) is 0 Å². The fraction of sp³-hybridized carbons (Fsp3) is 0.500. The molecule has 1 amide bonds. The molecule has 0 aromatic carbocycles. The molecule has 0 spiro atoms. The van der Waals surface area contributed by atoms with Crippen LogP contribution in [0.5, 0.6) is 0 Å². The van der Waals surface area contributed by atoms with E-state index in [-0.39, 0.29) is 12.0 Å². The molecule has 0 aliphatic carbocycles. The first kappa shape index (κ1) is 15.7. The summed E-state index contributed by atoms with van der Waals surface area (Å²) in [5.74, 6) is -2.02. The smallest absolute Gasteiger partial charge is 0.329 e. The number of aliphatic carboxylic acids is 1. The normalized spacial score (nSPS) is 13.6. The van der Waals surface area contributed by atoms with Crippen molar-refractivity contribution in [2.24, 2.45) is 7.05 Å². The van der Waals surface area contributed by atoms with Gasteiger partial charge in [-0.1, -0.05) is 13.3 Å². The van der Waals surface area contributed by atoms with Crippen LogP contribution >= 0.6 is 0 Å². The first-order chi connectivity index (χ1) is 9.23. The van der Waals surface area contributed by atoms with E-state index in [1.54, 1.807) is 6.92 Å². The highest BCUT2D eigenvalue weighted by molar-refractivity contribution is 5.97. The quantitative estimate of drug-likeness (QED) is 0.669. The van der Waals surface area contributed by atoms with Crippen LogP contribution in [0.4, 0.5) is 0 Å². The number of hydrogen-bond donors (Lipinski definition) is 3. The van der Waals surface area contributed by atoms with Crippen molar-refractivity contribution < 1.29 is 14.7 Å². The van der Waals surface area contributed by atoms with Crippen LogP contribution in [0.2, 0.25) is 0 Å². The van der Waals surface area contributed by atoms with Crippen LogP contribution < -0.4 is 16.6 Å². The summed E-state index contributed by atoms with van der Waals surface area (Å²) in [6.45, 7) is 3.15. The van der Waals surface area contributed by atoms with Crippen molar-refractivity contribution in [1.29, 1.82) is 0 Å². The summed E-state index contributed by atoms with van der Waals surface area (Å²) in [5, 5.41) is 11.5. The molecule has 0 saturated carbocycles. The molecule has 0 saturated heterocycles. The van der Waals surface area contributed by atoms with Gasteiger partial charge in [0.2, 0.25) is 0 Å². The molecule has 1 aromatic rings. The Morgan fingerprint density at radius 3 is 2.55 bits per heavy atom. The maximum absolute atomic E-state index is 12.0. The Kier molecular flexibility index (Phi) is 4.49. The molecule has 0 aliphatic heterocycles. The highest BCUT2D eigenvalue weighted by Crippen LogP contribution is 2.13. The number of amides is 1. The number of aromatic nitrogens is 2. The van der Waals surface area contributed by atoms with E-state index in [1.807, 2.05) is 0 Å². The van der Waals surface area contributed by atoms with Crippen LogP contribution in [0, 0.1) is 0 Å². The summed E-state index contributed by atoms with van der Waals surface area (Å²) < 4.78 is 0.743. The maximum Gasteiger partial charge on any atom is 0.329 e. The summed E-state index contributed by atoms with van der Waals surface area (Å²) in [4.78, 5) is 48.4. The molecule has 8 nitrogen and oxygen atoms in total. The van der Waals surface area contributed by atoms with E-state index in [2.05, 4.69) is 10.3 Å². The van der Waals surface area contributed by atoms with Gasteiger partial charge < -0.3 is 15.4 Å². The van der Waals surface area contributed by atoms with Gasteiger partial charge in [-0.2, -0.15) is 0 Å². The second-order valence-electron chi connectivity index (χ2n) is 4.71. The second kappa shape index (κ2) is 5.72. The van der Waals surface area contributed by atoms with Gasteiger partial charge >= 0.3 is 11.7 Å². The Morgan fingerprint density at radius 1 is 1.45 bits per heavy atom. The zero-order valence-electron chi connectivity index (χ0n) is 11.5. The standard InChI is InChI=1S/C12H17N3O5/c1-4-5-12(2,10(18)19)14-8(16)7-6-13-11(20)15(3)9(7)17/h6H,4-5H2,1-3H3,(H,13,20)(H,14,16)(H,18,19). The lowest BCUT2D eigenvalue weighted by molar-refractivity contribution is -0.144. The lowest BCUT2D eigenvalue weighted by Gasteiger charge is -2.25. The number of carboxylic acids is 1. The predicted molar refractivity (Wildman–Crippen MR) is 70.7 cm³/mol. The van der Waals surface area contributed by atoms with Crippen molar-refractivity contribution in [3.05, 3.63) is 32.6 Å². The minimum absolute atomic E-state index is 0.220. The number of nitrogens with one attached hydrogen (secondary N) is 2. The Morgan fingerprint density at radius 2 is 2.05 bits per heavy atom.